The highest BCUT2D eigenvalue weighted by Crippen LogP contribution is 2.20. The van der Waals surface area contributed by atoms with E-state index in [1.807, 2.05) is 30.3 Å². The molecule has 2 rings (SSSR count). The number of amidine groups is 1. The van der Waals surface area contributed by atoms with Gasteiger partial charge in [0.2, 0.25) is 0 Å². The molecule has 0 fully saturated rings. The molecule has 0 saturated carbocycles. The van der Waals surface area contributed by atoms with Crippen LogP contribution in [0.3, 0.4) is 0 Å². The van der Waals surface area contributed by atoms with Crippen LogP contribution < -0.4 is 5.32 Å². The highest BCUT2D eigenvalue weighted by molar-refractivity contribution is 8.13. The number of carbonyl (C=O) groups excluding carboxylic acids is 1. The van der Waals surface area contributed by atoms with Crippen LogP contribution in [-0.4, -0.2) is 30.0 Å². The number of rotatable bonds is 3. The molecule has 19 heavy (non-hydrogen) atoms. The van der Waals surface area contributed by atoms with Gasteiger partial charge in [-0.3, -0.25) is 4.99 Å². The minimum atomic E-state index is -0.497. The fourth-order valence-electron chi connectivity index (χ4n) is 1.87. The Morgan fingerprint density at radius 1 is 1.47 bits per heavy atom. The van der Waals surface area contributed by atoms with E-state index in [1.54, 1.807) is 11.8 Å². The number of esters is 1. The minimum Gasteiger partial charge on any atom is -0.467 e. The molecule has 5 heteroatoms. The summed E-state index contributed by atoms with van der Waals surface area (Å²) in [5.41, 5.74) is 0.885. The van der Waals surface area contributed by atoms with Crippen LogP contribution in [0.5, 0.6) is 0 Å². The van der Waals surface area contributed by atoms with Crippen LogP contribution >= 0.6 is 11.8 Å². The number of carbonyl (C=O) groups is 1. The van der Waals surface area contributed by atoms with Gasteiger partial charge in [-0.25, -0.2) is 4.79 Å². The van der Waals surface area contributed by atoms with Crippen LogP contribution in [0.1, 0.15) is 24.9 Å². The van der Waals surface area contributed by atoms with Crippen molar-refractivity contribution >= 4 is 22.9 Å². The average Bonchev–Trinajstić information content (AvgIpc) is 2.45. The van der Waals surface area contributed by atoms with E-state index >= 15 is 0 Å². The van der Waals surface area contributed by atoms with Gasteiger partial charge in [-0.1, -0.05) is 42.1 Å². The van der Waals surface area contributed by atoms with E-state index in [2.05, 4.69) is 17.2 Å². The second kappa shape index (κ2) is 6.61. The van der Waals surface area contributed by atoms with Crippen LogP contribution in [0.25, 0.3) is 0 Å². The number of hydrogen-bond donors (Lipinski definition) is 1. The standard InChI is InChI=1S/C14H18N2O2S/c1-10-8-9-19-14(15-10)16-12(13(17)18-2)11-6-4-3-5-7-11/h3-7,10,12H,8-9H2,1-2H3,(H,15,16). The van der Waals surface area contributed by atoms with E-state index in [0.717, 1.165) is 22.9 Å². The number of ether oxygens (including phenoxy) is 1. The molecule has 1 aromatic carbocycles. The monoisotopic (exact) mass is 278 g/mol. The maximum absolute atomic E-state index is 11.9. The predicted molar refractivity (Wildman–Crippen MR) is 78.3 cm³/mol. The average molecular weight is 278 g/mol. The first-order chi connectivity index (χ1) is 9.20. The summed E-state index contributed by atoms with van der Waals surface area (Å²) in [4.78, 5) is 16.4. The maximum Gasteiger partial charge on any atom is 0.333 e. The van der Waals surface area contributed by atoms with Gasteiger partial charge in [0.25, 0.3) is 0 Å². The van der Waals surface area contributed by atoms with Crippen molar-refractivity contribution in [3.8, 4) is 0 Å². The molecule has 102 valence electrons. The lowest BCUT2D eigenvalue weighted by Gasteiger charge is -2.22. The summed E-state index contributed by atoms with van der Waals surface area (Å²) in [5, 5.41) is 4.01. The second-order valence-electron chi connectivity index (χ2n) is 4.43. The molecule has 1 heterocycles. The van der Waals surface area contributed by atoms with E-state index in [1.165, 1.54) is 7.11 Å². The smallest absolute Gasteiger partial charge is 0.333 e. The van der Waals surface area contributed by atoms with Gasteiger partial charge in [-0.15, -0.1) is 0 Å². The number of nitrogens with zero attached hydrogens (tertiary/aromatic N) is 1. The van der Waals surface area contributed by atoms with Gasteiger partial charge >= 0.3 is 5.97 Å². The minimum absolute atomic E-state index is 0.298. The Hall–Kier alpha value is -1.49. The van der Waals surface area contributed by atoms with Crippen molar-refractivity contribution in [3.05, 3.63) is 35.9 Å². The third-order valence-electron chi connectivity index (χ3n) is 2.95. The highest BCUT2D eigenvalue weighted by atomic mass is 32.2. The number of aliphatic imine (C=N–C) groups is 1. The molecule has 2 atom stereocenters. The van der Waals surface area contributed by atoms with E-state index in [0.29, 0.717) is 6.04 Å². The Kier molecular flexibility index (Phi) is 4.85. The Morgan fingerprint density at radius 3 is 2.84 bits per heavy atom. The first-order valence-corrected chi connectivity index (χ1v) is 7.29. The van der Waals surface area contributed by atoms with Crippen molar-refractivity contribution in [2.75, 3.05) is 12.9 Å². The molecule has 1 aliphatic heterocycles. The van der Waals surface area contributed by atoms with Crippen molar-refractivity contribution in [2.24, 2.45) is 4.99 Å². The van der Waals surface area contributed by atoms with Crippen molar-refractivity contribution in [2.45, 2.75) is 25.4 Å². The number of methoxy groups -OCH3 is 1. The van der Waals surface area contributed by atoms with Gasteiger partial charge in [0.05, 0.1) is 13.2 Å². The molecule has 4 nitrogen and oxygen atoms in total. The van der Waals surface area contributed by atoms with Crippen LogP contribution in [0.15, 0.2) is 35.3 Å². The molecular weight excluding hydrogens is 260 g/mol. The molecule has 2 unspecified atom stereocenters. The summed E-state index contributed by atoms with van der Waals surface area (Å²) in [6, 6.07) is 9.36. The van der Waals surface area contributed by atoms with Gasteiger partial charge in [-0.2, -0.15) is 0 Å². The van der Waals surface area contributed by atoms with E-state index in [9.17, 15) is 4.79 Å². The molecule has 0 saturated heterocycles. The predicted octanol–water partition coefficient (Wildman–Crippen LogP) is 2.37. The Bertz CT molecular complexity index is 462. The van der Waals surface area contributed by atoms with E-state index in [4.69, 9.17) is 4.74 Å². The molecule has 0 radical (unpaired) electrons. The molecule has 0 bridgehead atoms. The molecule has 0 amide bonds. The molecule has 1 aromatic rings. The second-order valence-corrected chi connectivity index (χ2v) is 5.52. The largest absolute Gasteiger partial charge is 0.467 e. The van der Waals surface area contributed by atoms with Gasteiger partial charge in [0.15, 0.2) is 11.2 Å². The lowest BCUT2D eigenvalue weighted by Crippen LogP contribution is -2.35. The van der Waals surface area contributed by atoms with Gasteiger partial charge in [0.1, 0.15) is 0 Å². The highest BCUT2D eigenvalue weighted by Gasteiger charge is 2.24. The van der Waals surface area contributed by atoms with Crippen LogP contribution in [-0.2, 0) is 9.53 Å². The molecule has 1 N–H and O–H groups in total. The first kappa shape index (κ1) is 13.9. The zero-order chi connectivity index (χ0) is 13.7. The van der Waals surface area contributed by atoms with Crippen molar-refractivity contribution in [3.63, 3.8) is 0 Å². The summed E-state index contributed by atoms with van der Waals surface area (Å²) in [5.74, 6) is 0.725. The number of thioether (sulfide) groups is 1. The van der Waals surface area contributed by atoms with Crippen LogP contribution in [0.4, 0.5) is 0 Å². The van der Waals surface area contributed by atoms with Crippen molar-refractivity contribution in [1.82, 2.24) is 5.32 Å². The topological polar surface area (TPSA) is 50.7 Å². The number of benzene rings is 1. The molecule has 1 aliphatic rings. The first-order valence-electron chi connectivity index (χ1n) is 6.30. The lowest BCUT2D eigenvalue weighted by atomic mass is 10.1. The van der Waals surface area contributed by atoms with Crippen molar-refractivity contribution in [1.29, 1.82) is 0 Å². The normalized spacial score (nSPS) is 20.3. The van der Waals surface area contributed by atoms with Crippen LogP contribution in [0, 0.1) is 0 Å². The van der Waals surface area contributed by atoms with E-state index < -0.39 is 6.04 Å². The lowest BCUT2D eigenvalue weighted by molar-refractivity contribution is -0.142. The summed E-state index contributed by atoms with van der Waals surface area (Å²) in [7, 11) is 1.40. The van der Waals surface area contributed by atoms with Gasteiger partial charge in [-0.05, 0) is 18.9 Å². The molecule has 0 aromatic heterocycles. The summed E-state index contributed by atoms with van der Waals surface area (Å²) < 4.78 is 4.87. The summed E-state index contributed by atoms with van der Waals surface area (Å²) in [6.07, 6.45) is 1.07. The molecule has 0 spiro atoms. The Balaban J connectivity index is 2.17. The van der Waals surface area contributed by atoms with E-state index in [-0.39, 0.29) is 5.97 Å². The summed E-state index contributed by atoms with van der Waals surface area (Å²) >= 11 is 1.65. The molecular formula is C14H18N2O2S. The summed E-state index contributed by atoms with van der Waals surface area (Å²) in [6.45, 7) is 2.08. The third kappa shape index (κ3) is 3.73. The zero-order valence-corrected chi connectivity index (χ0v) is 11.9. The fourth-order valence-corrected chi connectivity index (χ4v) is 2.98. The quantitative estimate of drug-likeness (QED) is 0.862. The Morgan fingerprint density at radius 2 is 2.21 bits per heavy atom. The Labute approximate surface area is 117 Å². The maximum atomic E-state index is 11.9. The van der Waals surface area contributed by atoms with Crippen LogP contribution in [0.2, 0.25) is 0 Å². The third-order valence-corrected chi connectivity index (χ3v) is 3.89. The molecule has 0 aliphatic carbocycles. The fraction of sp³-hybridized carbons (Fsp3) is 0.429. The van der Waals surface area contributed by atoms with Crippen molar-refractivity contribution < 1.29 is 9.53 Å². The number of hydrogen-bond acceptors (Lipinski definition) is 5. The number of nitrogens with one attached hydrogen (secondary N) is 1. The zero-order valence-electron chi connectivity index (χ0n) is 11.1. The van der Waals surface area contributed by atoms with Gasteiger partial charge in [0, 0.05) is 5.75 Å². The SMILES string of the molecule is COC(=O)C(NC1=NC(C)CCS1)c1ccccc1. The van der Waals surface area contributed by atoms with Gasteiger partial charge < -0.3 is 10.1 Å².